The topological polar surface area (TPSA) is 62.8 Å². The first-order chi connectivity index (χ1) is 11.6. The van der Waals surface area contributed by atoms with Gasteiger partial charge in [0.1, 0.15) is 5.69 Å². The molecule has 132 valence electrons. The standard InChI is InChI=1S/C17H27N5O2/c1-17(2)11-23-5-4-22(17)15-7-16(20-19-14(15)8-18-3)21-9-12-6-13(10-21)24-12/h7,12-13,18H,4-6,8-11H2,1-3H3. The van der Waals surface area contributed by atoms with Crippen LogP contribution < -0.4 is 15.1 Å². The lowest BCUT2D eigenvalue weighted by Crippen LogP contribution is -2.57. The number of ether oxygens (including phenoxy) is 2. The van der Waals surface area contributed by atoms with Crippen molar-refractivity contribution < 1.29 is 9.47 Å². The quantitative estimate of drug-likeness (QED) is 0.874. The molecule has 0 aromatic carbocycles. The Morgan fingerprint density at radius 3 is 2.71 bits per heavy atom. The zero-order chi connectivity index (χ0) is 16.7. The number of hydrogen-bond acceptors (Lipinski definition) is 7. The molecule has 4 aliphatic rings. The molecule has 2 unspecified atom stereocenters. The van der Waals surface area contributed by atoms with Crippen molar-refractivity contribution in [2.75, 3.05) is 49.7 Å². The summed E-state index contributed by atoms with van der Waals surface area (Å²) in [7, 11) is 1.94. The average Bonchev–Trinajstić information content (AvgIpc) is 2.55. The molecule has 24 heavy (non-hydrogen) atoms. The Balaban J connectivity index is 1.66. The lowest BCUT2D eigenvalue weighted by Gasteiger charge is -2.48. The first-order valence-electron chi connectivity index (χ1n) is 8.84. The van der Waals surface area contributed by atoms with Crippen LogP contribution >= 0.6 is 0 Å². The second-order valence-electron chi connectivity index (χ2n) is 7.60. The van der Waals surface area contributed by atoms with Crippen molar-refractivity contribution in [2.45, 2.75) is 44.6 Å². The lowest BCUT2D eigenvalue weighted by molar-refractivity contribution is -0.133. The van der Waals surface area contributed by atoms with E-state index in [9.17, 15) is 0 Å². The van der Waals surface area contributed by atoms with Gasteiger partial charge in [0.2, 0.25) is 0 Å². The van der Waals surface area contributed by atoms with Crippen molar-refractivity contribution in [3.8, 4) is 0 Å². The lowest BCUT2D eigenvalue weighted by atomic mass is 9.98. The molecule has 1 N–H and O–H groups in total. The zero-order valence-electron chi connectivity index (χ0n) is 14.8. The van der Waals surface area contributed by atoms with Crippen LogP contribution in [-0.2, 0) is 16.0 Å². The number of fused-ring (bicyclic) bond motifs is 2. The highest BCUT2D eigenvalue weighted by atomic mass is 16.5. The first kappa shape index (κ1) is 16.1. The highest BCUT2D eigenvalue weighted by Crippen LogP contribution is 2.34. The third-order valence-electron chi connectivity index (χ3n) is 5.20. The van der Waals surface area contributed by atoms with Crippen LogP contribution in [-0.4, -0.2) is 67.8 Å². The van der Waals surface area contributed by atoms with E-state index >= 15 is 0 Å². The maximum absolute atomic E-state index is 5.74. The van der Waals surface area contributed by atoms with Crippen molar-refractivity contribution in [1.29, 1.82) is 0 Å². The van der Waals surface area contributed by atoms with Crippen LogP contribution in [0.2, 0.25) is 0 Å². The van der Waals surface area contributed by atoms with Gasteiger partial charge in [-0.15, -0.1) is 10.2 Å². The van der Waals surface area contributed by atoms with Gasteiger partial charge in [-0.25, -0.2) is 0 Å². The molecule has 2 bridgehead atoms. The van der Waals surface area contributed by atoms with Crippen LogP contribution in [0.1, 0.15) is 26.0 Å². The van der Waals surface area contributed by atoms with Crippen molar-refractivity contribution in [2.24, 2.45) is 0 Å². The van der Waals surface area contributed by atoms with Gasteiger partial charge < -0.3 is 24.6 Å². The third-order valence-corrected chi connectivity index (χ3v) is 5.20. The van der Waals surface area contributed by atoms with E-state index in [2.05, 4.69) is 45.2 Å². The van der Waals surface area contributed by atoms with Gasteiger partial charge in [0.25, 0.3) is 0 Å². The molecule has 7 nitrogen and oxygen atoms in total. The fraction of sp³-hybridized carbons (Fsp3) is 0.765. The van der Waals surface area contributed by atoms with Gasteiger partial charge >= 0.3 is 0 Å². The van der Waals surface area contributed by atoms with Gasteiger partial charge in [-0.1, -0.05) is 0 Å². The van der Waals surface area contributed by atoms with Crippen molar-refractivity contribution >= 4 is 11.5 Å². The van der Waals surface area contributed by atoms with Gasteiger partial charge in [0.15, 0.2) is 5.82 Å². The summed E-state index contributed by atoms with van der Waals surface area (Å²) in [5, 5.41) is 12.3. The second kappa shape index (κ2) is 6.13. The van der Waals surface area contributed by atoms with E-state index in [1.807, 2.05) is 7.05 Å². The summed E-state index contributed by atoms with van der Waals surface area (Å²) in [6, 6.07) is 2.21. The largest absolute Gasteiger partial charge is 0.377 e. The Kier molecular flexibility index (Phi) is 4.10. The van der Waals surface area contributed by atoms with Crippen LogP contribution in [0.3, 0.4) is 0 Å². The zero-order valence-corrected chi connectivity index (χ0v) is 14.8. The Labute approximate surface area is 143 Å². The molecule has 7 heteroatoms. The van der Waals surface area contributed by atoms with Gasteiger partial charge in [0.05, 0.1) is 36.6 Å². The number of piperidine rings is 1. The van der Waals surface area contributed by atoms with E-state index in [4.69, 9.17) is 9.47 Å². The summed E-state index contributed by atoms with van der Waals surface area (Å²) < 4.78 is 11.4. The number of hydrogen-bond donors (Lipinski definition) is 1. The molecule has 4 fully saturated rings. The van der Waals surface area contributed by atoms with Crippen LogP contribution in [0.15, 0.2) is 6.07 Å². The summed E-state index contributed by atoms with van der Waals surface area (Å²) in [4.78, 5) is 4.73. The minimum Gasteiger partial charge on any atom is -0.377 e. The molecule has 0 amide bonds. The normalized spacial score (nSPS) is 28.6. The predicted octanol–water partition coefficient (Wildman–Crippen LogP) is 0.789. The number of anilines is 2. The third kappa shape index (κ3) is 2.85. The Morgan fingerprint density at radius 2 is 2.04 bits per heavy atom. The van der Waals surface area contributed by atoms with Crippen molar-refractivity contribution in [3.05, 3.63) is 11.8 Å². The molecule has 4 aliphatic heterocycles. The van der Waals surface area contributed by atoms with E-state index < -0.39 is 0 Å². The molecule has 0 spiro atoms. The maximum atomic E-state index is 5.74. The summed E-state index contributed by atoms with van der Waals surface area (Å²) in [6.45, 7) is 9.35. The summed E-state index contributed by atoms with van der Waals surface area (Å²) in [6.07, 6.45) is 1.92. The van der Waals surface area contributed by atoms with E-state index in [0.29, 0.717) is 18.8 Å². The fourth-order valence-electron chi connectivity index (χ4n) is 3.93. The Morgan fingerprint density at radius 1 is 1.29 bits per heavy atom. The Bertz CT molecular complexity index is 593. The van der Waals surface area contributed by atoms with E-state index in [1.54, 1.807) is 0 Å². The molecule has 0 aliphatic carbocycles. The second-order valence-corrected chi connectivity index (χ2v) is 7.60. The number of nitrogens with zero attached hydrogens (tertiary/aromatic N) is 4. The van der Waals surface area contributed by atoms with Gasteiger partial charge in [-0.05, 0) is 20.9 Å². The molecule has 5 rings (SSSR count). The summed E-state index contributed by atoms with van der Waals surface area (Å²) in [5.41, 5.74) is 2.12. The average molecular weight is 333 g/mol. The van der Waals surface area contributed by atoms with E-state index in [1.165, 1.54) is 12.1 Å². The molecule has 1 aromatic rings. The maximum Gasteiger partial charge on any atom is 0.153 e. The van der Waals surface area contributed by atoms with Crippen LogP contribution in [0.4, 0.5) is 11.5 Å². The van der Waals surface area contributed by atoms with Crippen molar-refractivity contribution in [3.63, 3.8) is 0 Å². The molecule has 0 radical (unpaired) electrons. The summed E-state index contributed by atoms with van der Waals surface area (Å²) in [5.74, 6) is 0.963. The van der Waals surface area contributed by atoms with Crippen LogP contribution in [0, 0.1) is 0 Å². The van der Waals surface area contributed by atoms with E-state index in [0.717, 1.165) is 44.4 Å². The highest BCUT2D eigenvalue weighted by Gasteiger charge is 2.39. The Hall–Kier alpha value is -1.44. The minimum absolute atomic E-state index is 0.0474. The molecular weight excluding hydrogens is 306 g/mol. The predicted molar refractivity (Wildman–Crippen MR) is 92.5 cm³/mol. The number of aromatic nitrogens is 2. The smallest absolute Gasteiger partial charge is 0.153 e. The monoisotopic (exact) mass is 333 g/mol. The highest BCUT2D eigenvalue weighted by molar-refractivity contribution is 5.60. The molecule has 2 atom stereocenters. The number of morpholine rings is 2. The molecule has 4 saturated heterocycles. The molecular formula is C17H27N5O2. The van der Waals surface area contributed by atoms with E-state index in [-0.39, 0.29) is 5.54 Å². The first-order valence-corrected chi connectivity index (χ1v) is 8.84. The van der Waals surface area contributed by atoms with Gasteiger partial charge in [-0.2, -0.15) is 0 Å². The molecule has 0 saturated carbocycles. The van der Waals surface area contributed by atoms with Gasteiger partial charge in [0, 0.05) is 38.7 Å². The van der Waals surface area contributed by atoms with Crippen LogP contribution in [0.25, 0.3) is 0 Å². The molecule has 5 heterocycles. The number of rotatable bonds is 4. The van der Waals surface area contributed by atoms with Crippen molar-refractivity contribution in [1.82, 2.24) is 15.5 Å². The SMILES string of the molecule is CNCc1nnc(N2CC3CC(C2)O3)cc1N1CCOCC1(C)C. The number of nitrogens with one attached hydrogen (secondary N) is 1. The minimum atomic E-state index is -0.0474. The molecule has 1 aromatic heterocycles. The fourth-order valence-corrected chi connectivity index (χ4v) is 3.93. The summed E-state index contributed by atoms with van der Waals surface area (Å²) >= 11 is 0. The van der Waals surface area contributed by atoms with Crippen LogP contribution in [0.5, 0.6) is 0 Å². The van der Waals surface area contributed by atoms with Gasteiger partial charge in [-0.3, -0.25) is 0 Å².